The van der Waals surface area contributed by atoms with Gasteiger partial charge in [-0.15, -0.1) is 0 Å². The molecule has 164 valence electrons. The normalized spacial score (nSPS) is 12.2. The van der Waals surface area contributed by atoms with E-state index in [4.69, 9.17) is 19.9 Å². The predicted molar refractivity (Wildman–Crippen MR) is 110 cm³/mol. The Morgan fingerprint density at radius 2 is 1.40 bits per heavy atom. The lowest BCUT2D eigenvalue weighted by Crippen LogP contribution is -2.28. The molecule has 0 aliphatic rings. The van der Waals surface area contributed by atoms with Crippen molar-refractivity contribution in [2.24, 2.45) is 5.73 Å². The first-order valence-electron chi connectivity index (χ1n) is 10.0. The van der Waals surface area contributed by atoms with Crippen LogP contribution in [0.1, 0.15) is 48.9 Å². The molecule has 0 aliphatic heterocycles. The summed E-state index contributed by atoms with van der Waals surface area (Å²) < 4.78 is 44.5. The molecule has 0 fully saturated rings. The summed E-state index contributed by atoms with van der Waals surface area (Å²) in [6.07, 6.45) is -0.641. The molecule has 0 radical (unpaired) electrons. The summed E-state index contributed by atoms with van der Waals surface area (Å²) in [6, 6.07) is 8.80. The van der Waals surface area contributed by atoms with E-state index in [1.165, 1.54) is 24.3 Å². The molecule has 0 heterocycles. The smallest absolute Gasteiger partial charge is 0.319 e. The van der Waals surface area contributed by atoms with Crippen molar-refractivity contribution in [1.82, 2.24) is 0 Å². The van der Waals surface area contributed by atoms with Crippen LogP contribution in [0.5, 0.6) is 0 Å². The first kappa shape index (κ1) is 23.9. The standard InChI is InChI=1S/C23H29F2NO4/c1-4-28-13-16-10-18(24)6-8-20(16)23(15(3)30-22(27)12-26)21-9-7-19(25)11-17(21)14-29-5-2/h6-11,15,23H,4-5,12-14,26H2,1-3H3. The minimum absolute atomic E-state index is 0.194. The van der Waals surface area contributed by atoms with Crippen molar-refractivity contribution in [2.75, 3.05) is 19.8 Å². The zero-order chi connectivity index (χ0) is 22.1. The van der Waals surface area contributed by atoms with E-state index in [-0.39, 0.29) is 19.8 Å². The molecule has 30 heavy (non-hydrogen) atoms. The molecule has 2 N–H and O–H groups in total. The Balaban J connectivity index is 2.61. The van der Waals surface area contributed by atoms with Gasteiger partial charge in [0.2, 0.25) is 0 Å². The molecular weight excluding hydrogens is 392 g/mol. The van der Waals surface area contributed by atoms with Crippen molar-refractivity contribution in [2.45, 2.75) is 46.0 Å². The van der Waals surface area contributed by atoms with Gasteiger partial charge in [-0.3, -0.25) is 4.79 Å². The maximum absolute atomic E-state index is 14.0. The second kappa shape index (κ2) is 11.7. The fourth-order valence-corrected chi connectivity index (χ4v) is 3.43. The number of benzene rings is 2. The lowest BCUT2D eigenvalue weighted by Gasteiger charge is -2.29. The van der Waals surface area contributed by atoms with E-state index in [0.29, 0.717) is 24.3 Å². The molecule has 0 spiro atoms. The lowest BCUT2D eigenvalue weighted by atomic mass is 9.82. The van der Waals surface area contributed by atoms with E-state index < -0.39 is 29.6 Å². The monoisotopic (exact) mass is 421 g/mol. The van der Waals surface area contributed by atoms with Gasteiger partial charge in [-0.05, 0) is 67.3 Å². The number of carbonyl (C=O) groups is 1. The summed E-state index contributed by atoms with van der Waals surface area (Å²) >= 11 is 0. The molecule has 0 aliphatic carbocycles. The molecule has 1 unspecified atom stereocenters. The number of esters is 1. The third-order valence-electron chi connectivity index (χ3n) is 4.76. The van der Waals surface area contributed by atoms with Crippen LogP contribution in [0.25, 0.3) is 0 Å². The Bertz CT molecular complexity index is 786. The summed E-state index contributed by atoms with van der Waals surface area (Å²) in [5.74, 6) is -1.85. The van der Waals surface area contributed by atoms with Crippen molar-refractivity contribution in [3.05, 3.63) is 70.3 Å². The Hall–Kier alpha value is -2.35. The van der Waals surface area contributed by atoms with Gasteiger partial charge in [-0.2, -0.15) is 0 Å². The fourth-order valence-electron chi connectivity index (χ4n) is 3.43. The van der Waals surface area contributed by atoms with E-state index in [2.05, 4.69) is 0 Å². The molecule has 2 aromatic rings. The minimum atomic E-state index is -0.641. The summed E-state index contributed by atoms with van der Waals surface area (Å²) in [7, 11) is 0. The van der Waals surface area contributed by atoms with Crippen LogP contribution in [-0.4, -0.2) is 31.8 Å². The van der Waals surface area contributed by atoms with Gasteiger partial charge in [-0.1, -0.05) is 12.1 Å². The predicted octanol–water partition coefficient (Wildman–Crippen LogP) is 4.06. The second-order valence-electron chi connectivity index (χ2n) is 6.84. The largest absolute Gasteiger partial charge is 0.461 e. The van der Waals surface area contributed by atoms with Crippen molar-refractivity contribution in [1.29, 1.82) is 0 Å². The molecule has 0 saturated heterocycles. The van der Waals surface area contributed by atoms with E-state index >= 15 is 0 Å². The highest BCUT2D eigenvalue weighted by Gasteiger charge is 2.29. The molecule has 1 atom stereocenters. The fraction of sp³-hybridized carbons (Fsp3) is 0.435. The third-order valence-corrected chi connectivity index (χ3v) is 4.76. The van der Waals surface area contributed by atoms with Gasteiger partial charge in [0.25, 0.3) is 0 Å². The van der Waals surface area contributed by atoms with Gasteiger partial charge in [0.05, 0.1) is 19.8 Å². The zero-order valence-corrected chi connectivity index (χ0v) is 17.6. The Labute approximate surface area is 176 Å². The zero-order valence-electron chi connectivity index (χ0n) is 17.6. The van der Waals surface area contributed by atoms with Gasteiger partial charge in [0, 0.05) is 19.1 Å². The molecule has 0 saturated carbocycles. The summed E-state index contributed by atoms with van der Waals surface area (Å²) in [5, 5.41) is 0. The summed E-state index contributed by atoms with van der Waals surface area (Å²) in [6.45, 7) is 6.49. The van der Waals surface area contributed by atoms with Gasteiger partial charge in [0.1, 0.15) is 17.7 Å². The van der Waals surface area contributed by atoms with Crippen LogP contribution in [-0.2, 0) is 32.2 Å². The Morgan fingerprint density at radius 3 is 1.80 bits per heavy atom. The van der Waals surface area contributed by atoms with Crippen molar-refractivity contribution >= 4 is 5.97 Å². The van der Waals surface area contributed by atoms with E-state index in [0.717, 1.165) is 11.1 Å². The first-order valence-corrected chi connectivity index (χ1v) is 10.0. The van der Waals surface area contributed by atoms with Gasteiger partial charge >= 0.3 is 5.97 Å². The van der Waals surface area contributed by atoms with Crippen LogP contribution in [0.4, 0.5) is 8.78 Å². The maximum atomic E-state index is 14.0. The van der Waals surface area contributed by atoms with E-state index in [9.17, 15) is 13.6 Å². The van der Waals surface area contributed by atoms with Crippen molar-refractivity contribution < 1.29 is 27.8 Å². The first-order chi connectivity index (χ1) is 14.4. The number of nitrogens with two attached hydrogens (primary N) is 1. The number of rotatable bonds is 11. The lowest BCUT2D eigenvalue weighted by molar-refractivity contribution is -0.147. The molecule has 0 bridgehead atoms. The van der Waals surface area contributed by atoms with Crippen molar-refractivity contribution in [3.63, 3.8) is 0 Å². The number of carbonyl (C=O) groups excluding carboxylic acids is 1. The molecular formula is C23H29F2NO4. The van der Waals surface area contributed by atoms with Crippen LogP contribution in [0.3, 0.4) is 0 Å². The highest BCUT2D eigenvalue weighted by molar-refractivity contribution is 5.71. The quantitative estimate of drug-likeness (QED) is 0.554. The van der Waals surface area contributed by atoms with Crippen LogP contribution in [0, 0.1) is 11.6 Å². The highest BCUT2D eigenvalue weighted by atomic mass is 19.1. The average molecular weight is 421 g/mol. The van der Waals surface area contributed by atoms with Crippen LogP contribution < -0.4 is 5.73 Å². The summed E-state index contributed by atoms with van der Waals surface area (Å²) in [4.78, 5) is 11.9. The van der Waals surface area contributed by atoms with Crippen molar-refractivity contribution in [3.8, 4) is 0 Å². The summed E-state index contributed by atoms with van der Waals surface area (Å²) in [5.41, 5.74) is 8.13. The maximum Gasteiger partial charge on any atom is 0.319 e. The third kappa shape index (κ3) is 6.32. The van der Waals surface area contributed by atoms with Gasteiger partial charge in [-0.25, -0.2) is 8.78 Å². The number of hydrogen-bond donors (Lipinski definition) is 1. The number of halogens is 2. The SMILES string of the molecule is CCOCc1cc(F)ccc1C(c1ccc(F)cc1COCC)C(C)OC(=O)CN. The molecule has 0 aromatic heterocycles. The number of ether oxygens (including phenoxy) is 3. The van der Waals surface area contributed by atoms with Gasteiger partial charge < -0.3 is 19.9 Å². The average Bonchev–Trinajstić information content (AvgIpc) is 2.73. The van der Waals surface area contributed by atoms with Crippen LogP contribution in [0.15, 0.2) is 36.4 Å². The molecule has 2 aromatic carbocycles. The molecule has 0 amide bonds. The van der Waals surface area contributed by atoms with E-state index in [1.807, 2.05) is 13.8 Å². The minimum Gasteiger partial charge on any atom is -0.461 e. The van der Waals surface area contributed by atoms with E-state index in [1.54, 1.807) is 19.1 Å². The molecule has 5 nitrogen and oxygen atoms in total. The van der Waals surface area contributed by atoms with Crippen LogP contribution in [0.2, 0.25) is 0 Å². The molecule has 7 heteroatoms. The second-order valence-corrected chi connectivity index (χ2v) is 6.84. The molecule has 2 rings (SSSR count). The Kier molecular flexibility index (Phi) is 9.36. The topological polar surface area (TPSA) is 70.8 Å². The van der Waals surface area contributed by atoms with Crippen LogP contribution >= 0.6 is 0 Å². The Morgan fingerprint density at radius 1 is 0.933 bits per heavy atom. The number of hydrogen-bond acceptors (Lipinski definition) is 5. The van der Waals surface area contributed by atoms with Gasteiger partial charge in [0.15, 0.2) is 0 Å². The highest BCUT2D eigenvalue weighted by Crippen LogP contribution is 2.35.